The molecule has 1 aromatic rings. The molecule has 1 unspecified atom stereocenters. The van der Waals surface area contributed by atoms with Crippen molar-refractivity contribution in [3.8, 4) is 0 Å². The molecule has 0 radical (unpaired) electrons. The zero-order valence-electron chi connectivity index (χ0n) is 9.79. The van der Waals surface area contributed by atoms with E-state index in [1.54, 1.807) is 6.07 Å². The summed E-state index contributed by atoms with van der Waals surface area (Å²) in [7, 11) is 0. The van der Waals surface area contributed by atoms with Gasteiger partial charge in [-0.2, -0.15) is 0 Å². The molecule has 0 spiro atoms. The molecule has 0 saturated heterocycles. The fraction of sp³-hybridized carbons (Fsp3) is 0.583. The maximum atomic E-state index is 12.7. The predicted molar refractivity (Wildman–Crippen MR) is 60.0 cm³/mol. The minimum Gasteiger partial charge on any atom is -0.306 e. The average Bonchev–Trinajstić information content (AvgIpc) is 2.15. The topological polar surface area (TPSA) is 24.9 Å². The van der Waals surface area contributed by atoms with Crippen LogP contribution in [0.3, 0.4) is 0 Å². The number of hydrogen-bond donors (Lipinski definition) is 1. The maximum Gasteiger partial charge on any atom is 0.141 e. The Morgan fingerprint density at radius 2 is 1.87 bits per heavy atom. The number of halogens is 1. The van der Waals surface area contributed by atoms with Gasteiger partial charge >= 0.3 is 0 Å². The lowest BCUT2D eigenvalue weighted by atomic mass is 9.99. The molecule has 0 saturated carbocycles. The van der Waals surface area contributed by atoms with Crippen LogP contribution in [-0.2, 0) is 0 Å². The van der Waals surface area contributed by atoms with E-state index in [4.69, 9.17) is 0 Å². The Bertz CT molecular complexity index is 293. The number of rotatable bonds is 4. The van der Waals surface area contributed by atoms with Crippen LogP contribution in [0.2, 0.25) is 0 Å². The van der Waals surface area contributed by atoms with Crippen molar-refractivity contribution in [2.24, 2.45) is 5.92 Å². The lowest BCUT2D eigenvalue weighted by Gasteiger charge is -2.24. The summed E-state index contributed by atoms with van der Waals surface area (Å²) in [6.07, 6.45) is 1.27. The molecule has 0 aliphatic heterocycles. The van der Waals surface area contributed by atoms with Crippen LogP contribution in [-0.4, -0.2) is 11.0 Å². The van der Waals surface area contributed by atoms with Gasteiger partial charge in [0, 0.05) is 6.04 Å². The second-order valence-electron chi connectivity index (χ2n) is 4.44. The van der Waals surface area contributed by atoms with Gasteiger partial charge in [0.2, 0.25) is 0 Å². The fourth-order valence-corrected chi connectivity index (χ4v) is 1.55. The summed E-state index contributed by atoms with van der Waals surface area (Å²) in [4.78, 5) is 4.12. The van der Waals surface area contributed by atoms with Gasteiger partial charge in [0.1, 0.15) is 5.82 Å². The molecule has 2 nitrogen and oxygen atoms in total. The summed E-state index contributed by atoms with van der Waals surface area (Å²) >= 11 is 0. The third kappa shape index (κ3) is 3.59. The second kappa shape index (κ2) is 5.21. The van der Waals surface area contributed by atoms with Crippen molar-refractivity contribution >= 4 is 0 Å². The molecule has 0 fully saturated rings. The van der Waals surface area contributed by atoms with Gasteiger partial charge in [0.05, 0.1) is 17.9 Å². The lowest BCUT2D eigenvalue weighted by Crippen LogP contribution is -2.32. The minimum absolute atomic E-state index is 0.186. The minimum atomic E-state index is -0.286. The summed E-state index contributed by atoms with van der Waals surface area (Å²) in [5.74, 6) is 0.149. The van der Waals surface area contributed by atoms with Crippen LogP contribution >= 0.6 is 0 Å². The molecule has 1 atom stereocenters. The van der Waals surface area contributed by atoms with Gasteiger partial charge < -0.3 is 5.32 Å². The molecule has 0 aliphatic carbocycles. The number of nitrogens with one attached hydrogen (secondary N) is 1. The molecular weight excluding hydrogens is 191 g/mol. The highest BCUT2D eigenvalue weighted by atomic mass is 19.1. The van der Waals surface area contributed by atoms with Crippen molar-refractivity contribution in [3.63, 3.8) is 0 Å². The summed E-state index contributed by atoms with van der Waals surface area (Å²) < 4.78 is 12.7. The molecule has 1 aromatic heterocycles. The highest BCUT2D eigenvalue weighted by Crippen LogP contribution is 2.20. The Morgan fingerprint density at radius 1 is 1.20 bits per heavy atom. The highest BCUT2D eigenvalue weighted by Gasteiger charge is 2.17. The molecule has 1 heterocycles. The molecule has 0 amide bonds. The van der Waals surface area contributed by atoms with E-state index in [2.05, 4.69) is 38.0 Å². The Balaban J connectivity index is 2.84. The van der Waals surface area contributed by atoms with E-state index in [0.717, 1.165) is 5.69 Å². The first-order valence-electron chi connectivity index (χ1n) is 5.38. The van der Waals surface area contributed by atoms with E-state index in [9.17, 15) is 4.39 Å². The molecule has 3 heteroatoms. The van der Waals surface area contributed by atoms with Gasteiger partial charge in [-0.05, 0) is 18.1 Å². The number of aromatic nitrogens is 1. The molecule has 84 valence electrons. The van der Waals surface area contributed by atoms with E-state index in [0.29, 0.717) is 12.0 Å². The van der Waals surface area contributed by atoms with Gasteiger partial charge in [-0.15, -0.1) is 0 Å². The third-order valence-corrected chi connectivity index (χ3v) is 2.25. The quantitative estimate of drug-likeness (QED) is 0.826. The van der Waals surface area contributed by atoms with E-state index in [-0.39, 0.29) is 11.9 Å². The predicted octanol–water partition coefficient (Wildman–Crippen LogP) is 2.92. The van der Waals surface area contributed by atoms with E-state index >= 15 is 0 Å². The summed E-state index contributed by atoms with van der Waals surface area (Å²) in [6.45, 7) is 8.45. The monoisotopic (exact) mass is 210 g/mol. The smallest absolute Gasteiger partial charge is 0.141 e. The van der Waals surface area contributed by atoms with E-state index in [1.807, 2.05) is 0 Å². The Kier molecular flexibility index (Phi) is 4.21. The van der Waals surface area contributed by atoms with Crippen molar-refractivity contribution in [2.45, 2.75) is 39.8 Å². The van der Waals surface area contributed by atoms with Gasteiger partial charge in [-0.1, -0.05) is 27.7 Å². The van der Waals surface area contributed by atoms with Crippen molar-refractivity contribution in [3.05, 3.63) is 29.8 Å². The van der Waals surface area contributed by atoms with Crippen molar-refractivity contribution in [1.29, 1.82) is 0 Å². The first kappa shape index (κ1) is 12.1. The number of hydrogen-bond acceptors (Lipinski definition) is 2. The summed E-state index contributed by atoms with van der Waals surface area (Å²) in [6, 6.07) is 3.78. The number of nitrogens with zero attached hydrogens (tertiary/aromatic N) is 1. The standard InChI is InChI=1S/C12H19FN2/c1-8(2)12(15-9(3)4)11-6-5-10(13)7-14-11/h5-9,12,15H,1-4H3. The van der Waals surface area contributed by atoms with Gasteiger partial charge in [-0.25, -0.2) is 4.39 Å². The van der Waals surface area contributed by atoms with Crippen LogP contribution in [0.1, 0.15) is 39.4 Å². The van der Waals surface area contributed by atoms with Crippen LogP contribution in [0.25, 0.3) is 0 Å². The van der Waals surface area contributed by atoms with Crippen molar-refractivity contribution in [2.75, 3.05) is 0 Å². The molecular formula is C12H19FN2. The summed E-state index contributed by atoms with van der Waals surface area (Å²) in [5, 5.41) is 3.43. The Hall–Kier alpha value is -0.960. The number of pyridine rings is 1. The van der Waals surface area contributed by atoms with Crippen molar-refractivity contribution in [1.82, 2.24) is 10.3 Å². The largest absolute Gasteiger partial charge is 0.306 e. The summed E-state index contributed by atoms with van der Waals surface area (Å²) in [5.41, 5.74) is 0.903. The van der Waals surface area contributed by atoms with E-state index < -0.39 is 0 Å². The average molecular weight is 210 g/mol. The third-order valence-electron chi connectivity index (χ3n) is 2.25. The van der Waals surface area contributed by atoms with Crippen molar-refractivity contribution < 1.29 is 4.39 Å². The van der Waals surface area contributed by atoms with Crippen LogP contribution < -0.4 is 5.32 Å². The Labute approximate surface area is 90.9 Å². The lowest BCUT2D eigenvalue weighted by molar-refractivity contribution is 0.373. The van der Waals surface area contributed by atoms with Gasteiger partial charge in [0.15, 0.2) is 0 Å². The van der Waals surface area contributed by atoms with Crippen LogP contribution in [0.15, 0.2) is 18.3 Å². The Morgan fingerprint density at radius 3 is 2.27 bits per heavy atom. The fourth-order valence-electron chi connectivity index (χ4n) is 1.55. The maximum absolute atomic E-state index is 12.7. The molecule has 1 N–H and O–H groups in total. The van der Waals surface area contributed by atoms with Crippen LogP contribution in [0.5, 0.6) is 0 Å². The first-order chi connectivity index (χ1) is 7.00. The molecule has 0 aliphatic rings. The zero-order valence-corrected chi connectivity index (χ0v) is 9.79. The first-order valence-corrected chi connectivity index (χ1v) is 5.38. The zero-order chi connectivity index (χ0) is 11.4. The SMILES string of the molecule is CC(C)NC(c1ccc(F)cn1)C(C)C. The molecule has 0 aromatic carbocycles. The van der Waals surface area contributed by atoms with Crippen LogP contribution in [0.4, 0.5) is 4.39 Å². The second-order valence-corrected chi connectivity index (χ2v) is 4.44. The van der Waals surface area contributed by atoms with Gasteiger partial charge in [0.25, 0.3) is 0 Å². The normalized spacial score (nSPS) is 13.5. The van der Waals surface area contributed by atoms with E-state index in [1.165, 1.54) is 12.3 Å². The molecule has 1 rings (SSSR count). The molecule has 15 heavy (non-hydrogen) atoms. The van der Waals surface area contributed by atoms with Gasteiger partial charge in [-0.3, -0.25) is 4.98 Å². The molecule has 0 bridgehead atoms. The van der Waals surface area contributed by atoms with Crippen LogP contribution in [0, 0.1) is 11.7 Å². The highest BCUT2D eigenvalue weighted by molar-refractivity contribution is 5.10.